The average Bonchev–Trinajstić information content (AvgIpc) is 3.34. The van der Waals surface area contributed by atoms with Crippen molar-refractivity contribution in [2.45, 2.75) is 50.5 Å². The van der Waals surface area contributed by atoms with Gasteiger partial charge in [-0.25, -0.2) is 0 Å². The zero-order valence-electron chi connectivity index (χ0n) is 13.9. The van der Waals surface area contributed by atoms with Crippen molar-refractivity contribution >= 4 is 11.9 Å². The van der Waals surface area contributed by atoms with Crippen LogP contribution in [0, 0.1) is 0 Å². The van der Waals surface area contributed by atoms with Gasteiger partial charge < -0.3 is 14.9 Å². The third-order valence-electron chi connectivity index (χ3n) is 4.14. The summed E-state index contributed by atoms with van der Waals surface area (Å²) in [7, 11) is 0. The Morgan fingerprint density at radius 1 is 1.28 bits per heavy atom. The van der Waals surface area contributed by atoms with E-state index in [9.17, 15) is 9.59 Å². The van der Waals surface area contributed by atoms with Gasteiger partial charge in [0.1, 0.15) is 0 Å². The van der Waals surface area contributed by atoms with Gasteiger partial charge in [0.25, 0.3) is 0 Å². The van der Waals surface area contributed by atoms with Crippen LogP contribution in [-0.2, 0) is 16.0 Å². The molecule has 1 amide bonds. The maximum Gasteiger partial charge on any atom is 0.305 e. The molecule has 0 aliphatic heterocycles. The fourth-order valence-corrected chi connectivity index (χ4v) is 2.66. The molecule has 1 saturated carbocycles. The number of nitrogens with one attached hydrogen (secondary N) is 1. The SMILES string of the molecule is O=C(O)CC(NC(=O)CCCc1nc(C2CC2)no1)c1ccccc1. The number of carbonyl (C=O) groups excluding carboxylic acids is 1. The molecule has 0 saturated heterocycles. The van der Waals surface area contributed by atoms with Crippen molar-refractivity contribution in [1.82, 2.24) is 15.5 Å². The Labute approximate surface area is 145 Å². The molecule has 0 bridgehead atoms. The number of aryl methyl sites for hydroxylation is 1. The maximum absolute atomic E-state index is 12.2. The summed E-state index contributed by atoms with van der Waals surface area (Å²) in [4.78, 5) is 27.5. The third kappa shape index (κ3) is 5.14. The van der Waals surface area contributed by atoms with Crippen LogP contribution in [0.4, 0.5) is 0 Å². The van der Waals surface area contributed by atoms with Crippen LogP contribution in [0.2, 0.25) is 0 Å². The minimum absolute atomic E-state index is 0.149. The number of benzene rings is 1. The second kappa shape index (κ2) is 7.92. The monoisotopic (exact) mass is 343 g/mol. The number of nitrogens with zero attached hydrogens (tertiary/aromatic N) is 2. The summed E-state index contributed by atoms with van der Waals surface area (Å²) in [5.74, 6) is 0.637. The van der Waals surface area contributed by atoms with E-state index in [2.05, 4.69) is 15.5 Å². The fourth-order valence-electron chi connectivity index (χ4n) is 2.66. The molecule has 132 valence electrons. The molecule has 1 atom stereocenters. The second-order valence-corrected chi connectivity index (χ2v) is 6.30. The molecule has 2 aromatic rings. The van der Waals surface area contributed by atoms with Gasteiger partial charge in [-0.05, 0) is 24.8 Å². The van der Waals surface area contributed by atoms with Crippen LogP contribution in [-0.4, -0.2) is 27.1 Å². The average molecular weight is 343 g/mol. The molecule has 1 aliphatic rings. The lowest BCUT2D eigenvalue weighted by molar-refractivity contribution is -0.137. The molecule has 3 rings (SSSR count). The first kappa shape index (κ1) is 17.1. The van der Waals surface area contributed by atoms with Gasteiger partial charge in [-0.1, -0.05) is 35.5 Å². The normalized spacial score (nSPS) is 14.9. The molecular weight excluding hydrogens is 322 g/mol. The lowest BCUT2D eigenvalue weighted by Crippen LogP contribution is -2.30. The minimum Gasteiger partial charge on any atom is -0.481 e. The van der Waals surface area contributed by atoms with Crippen LogP contribution in [0.5, 0.6) is 0 Å². The third-order valence-corrected chi connectivity index (χ3v) is 4.14. The Morgan fingerprint density at radius 2 is 2.04 bits per heavy atom. The minimum atomic E-state index is -0.951. The van der Waals surface area contributed by atoms with E-state index in [0.717, 1.165) is 24.2 Å². The van der Waals surface area contributed by atoms with Gasteiger partial charge in [0, 0.05) is 18.8 Å². The summed E-state index contributed by atoms with van der Waals surface area (Å²) in [6.07, 6.45) is 3.49. The highest BCUT2D eigenvalue weighted by molar-refractivity contribution is 5.77. The molecule has 0 spiro atoms. The highest BCUT2D eigenvalue weighted by Crippen LogP contribution is 2.38. The van der Waals surface area contributed by atoms with E-state index in [0.29, 0.717) is 24.7 Å². The van der Waals surface area contributed by atoms with Crippen LogP contribution in [0.1, 0.15) is 61.3 Å². The van der Waals surface area contributed by atoms with Gasteiger partial charge in [0.05, 0.1) is 12.5 Å². The topological polar surface area (TPSA) is 105 Å². The Morgan fingerprint density at radius 3 is 2.72 bits per heavy atom. The van der Waals surface area contributed by atoms with Crippen LogP contribution >= 0.6 is 0 Å². The molecule has 1 heterocycles. The molecule has 1 unspecified atom stereocenters. The van der Waals surface area contributed by atoms with Crippen LogP contribution < -0.4 is 5.32 Å². The summed E-state index contributed by atoms with van der Waals surface area (Å²) in [5.41, 5.74) is 0.782. The highest BCUT2D eigenvalue weighted by atomic mass is 16.5. The zero-order valence-corrected chi connectivity index (χ0v) is 13.9. The lowest BCUT2D eigenvalue weighted by atomic mass is 10.0. The van der Waals surface area contributed by atoms with Crippen molar-refractivity contribution in [3.8, 4) is 0 Å². The molecule has 2 N–H and O–H groups in total. The van der Waals surface area contributed by atoms with Gasteiger partial charge in [0.15, 0.2) is 5.82 Å². The van der Waals surface area contributed by atoms with E-state index in [4.69, 9.17) is 9.63 Å². The van der Waals surface area contributed by atoms with Gasteiger partial charge >= 0.3 is 5.97 Å². The number of hydrogen-bond acceptors (Lipinski definition) is 5. The number of amides is 1. The molecule has 25 heavy (non-hydrogen) atoms. The summed E-state index contributed by atoms with van der Waals surface area (Å²) >= 11 is 0. The van der Waals surface area contributed by atoms with E-state index in [1.165, 1.54) is 0 Å². The maximum atomic E-state index is 12.2. The molecular formula is C18H21N3O4. The number of carboxylic acid groups (broad SMARTS) is 1. The van der Waals surface area contributed by atoms with E-state index in [1.54, 1.807) is 0 Å². The molecule has 1 aromatic carbocycles. The number of hydrogen-bond donors (Lipinski definition) is 2. The Balaban J connectivity index is 1.48. The predicted octanol–water partition coefficient (Wildman–Crippen LogP) is 2.60. The van der Waals surface area contributed by atoms with E-state index < -0.39 is 12.0 Å². The fraction of sp³-hybridized carbons (Fsp3) is 0.444. The number of rotatable bonds is 9. The standard InChI is InChI=1S/C18H21N3O4/c22-15(7-4-8-16-20-18(21-25-16)13-9-10-13)19-14(11-17(23)24)12-5-2-1-3-6-12/h1-3,5-6,13-14H,4,7-11H2,(H,19,22)(H,23,24). The largest absolute Gasteiger partial charge is 0.481 e. The van der Waals surface area contributed by atoms with Crippen molar-refractivity contribution in [3.63, 3.8) is 0 Å². The lowest BCUT2D eigenvalue weighted by Gasteiger charge is -2.17. The predicted molar refractivity (Wildman–Crippen MR) is 88.8 cm³/mol. The van der Waals surface area contributed by atoms with E-state index in [-0.39, 0.29) is 18.7 Å². The van der Waals surface area contributed by atoms with Crippen LogP contribution in [0.3, 0.4) is 0 Å². The Kier molecular flexibility index (Phi) is 5.42. The zero-order chi connectivity index (χ0) is 17.6. The highest BCUT2D eigenvalue weighted by Gasteiger charge is 2.28. The van der Waals surface area contributed by atoms with Gasteiger partial charge in [-0.3, -0.25) is 9.59 Å². The van der Waals surface area contributed by atoms with Crippen LogP contribution in [0.25, 0.3) is 0 Å². The van der Waals surface area contributed by atoms with Crippen molar-refractivity contribution in [2.24, 2.45) is 0 Å². The van der Waals surface area contributed by atoms with Gasteiger partial charge in [0.2, 0.25) is 11.8 Å². The van der Waals surface area contributed by atoms with Crippen molar-refractivity contribution in [2.75, 3.05) is 0 Å². The first-order chi connectivity index (χ1) is 12.1. The Bertz CT molecular complexity index is 725. The molecule has 1 fully saturated rings. The smallest absolute Gasteiger partial charge is 0.305 e. The number of carboxylic acids is 1. The van der Waals surface area contributed by atoms with E-state index in [1.807, 2.05) is 30.3 Å². The van der Waals surface area contributed by atoms with Gasteiger partial charge in [-0.15, -0.1) is 0 Å². The molecule has 1 aliphatic carbocycles. The molecule has 7 nitrogen and oxygen atoms in total. The van der Waals surface area contributed by atoms with Gasteiger partial charge in [-0.2, -0.15) is 4.98 Å². The van der Waals surface area contributed by atoms with Crippen molar-refractivity contribution in [3.05, 3.63) is 47.6 Å². The first-order valence-electron chi connectivity index (χ1n) is 8.50. The molecule has 1 aromatic heterocycles. The number of carbonyl (C=O) groups is 2. The number of aliphatic carboxylic acids is 1. The first-order valence-corrected chi connectivity index (χ1v) is 8.50. The van der Waals surface area contributed by atoms with E-state index >= 15 is 0 Å². The molecule has 0 radical (unpaired) electrons. The number of aromatic nitrogens is 2. The Hall–Kier alpha value is -2.70. The molecule has 7 heteroatoms. The van der Waals surface area contributed by atoms with Crippen molar-refractivity contribution < 1.29 is 19.2 Å². The summed E-state index contributed by atoms with van der Waals surface area (Å²) in [5, 5.41) is 15.8. The quantitative estimate of drug-likeness (QED) is 0.725. The summed E-state index contributed by atoms with van der Waals surface area (Å²) < 4.78 is 5.18. The van der Waals surface area contributed by atoms with Crippen LogP contribution in [0.15, 0.2) is 34.9 Å². The summed E-state index contributed by atoms with van der Waals surface area (Å²) in [6.45, 7) is 0. The van der Waals surface area contributed by atoms with Crippen molar-refractivity contribution in [1.29, 1.82) is 0 Å². The summed E-state index contributed by atoms with van der Waals surface area (Å²) in [6, 6.07) is 8.59. The second-order valence-electron chi connectivity index (χ2n) is 6.30.